The van der Waals surface area contributed by atoms with Gasteiger partial charge in [-0.3, -0.25) is 14.5 Å². The van der Waals surface area contributed by atoms with Gasteiger partial charge in [-0.15, -0.1) is 0 Å². The smallest absolute Gasteiger partial charge is 0.264 e. The lowest BCUT2D eigenvalue weighted by atomic mass is 10.0. The van der Waals surface area contributed by atoms with E-state index >= 15 is 0 Å². The summed E-state index contributed by atoms with van der Waals surface area (Å²) in [6.07, 6.45) is 0. The maximum Gasteiger partial charge on any atom is 0.264 e. The second-order valence-electron chi connectivity index (χ2n) is 4.96. The summed E-state index contributed by atoms with van der Waals surface area (Å²) in [4.78, 5) is 25.8. The number of amides is 2. The van der Waals surface area contributed by atoms with E-state index in [1.54, 1.807) is 32.0 Å². The average Bonchev–Trinajstić information content (AvgIpc) is 2.53. The zero-order valence-electron chi connectivity index (χ0n) is 10.7. The molecule has 0 saturated heterocycles. The van der Waals surface area contributed by atoms with Crippen molar-refractivity contribution in [3.63, 3.8) is 0 Å². The van der Waals surface area contributed by atoms with Crippen LogP contribution in [0.15, 0.2) is 18.2 Å². The standard InChI is InChI=1S/C13H16N2O3/c1-13(2,7-18-3)15-11(16)8-5-4-6-9(14)10(8)12(15)17/h4-6H,7,14H2,1-3H3. The molecule has 2 N–H and O–H groups in total. The molecule has 96 valence electrons. The summed E-state index contributed by atoms with van der Waals surface area (Å²) < 4.78 is 5.07. The first-order chi connectivity index (χ1) is 8.40. The molecular weight excluding hydrogens is 232 g/mol. The zero-order valence-corrected chi connectivity index (χ0v) is 10.7. The van der Waals surface area contributed by atoms with Crippen LogP contribution in [-0.2, 0) is 4.74 Å². The Hall–Kier alpha value is -1.88. The second-order valence-corrected chi connectivity index (χ2v) is 4.96. The number of nitrogen functional groups attached to an aromatic ring is 1. The molecular formula is C13H16N2O3. The lowest BCUT2D eigenvalue weighted by Gasteiger charge is -2.32. The predicted molar refractivity (Wildman–Crippen MR) is 67.3 cm³/mol. The molecule has 0 atom stereocenters. The first kappa shape index (κ1) is 12.6. The first-order valence-corrected chi connectivity index (χ1v) is 5.66. The molecule has 5 heteroatoms. The minimum atomic E-state index is -0.700. The molecule has 1 aromatic rings. The largest absolute Gasteiger partial charge is 0.398 e. The van der Waals surface area contributed by atoms with Crippen LogP contribution in [0, 0.1) is 0 Å². The Kier molecular flexibility index (Phi) is 2.86. The van der Waals surface area contributed by atoms with Crippen LogP contribution in [0.4, 0.5) is 5.69 Å². The van der Waals surface area contributed by atoms with E-state index in [0.29, 0.717) is 16.8 Å². The molecule has 2 amide bonds. The van der Waals surface area contributed by atoms with Crippen LogP contribution in [0.2, 0.25) is 0 Å². The fourth-order valence-corrected chi connectivity index (χ4v) is 2.28. The molecule has 0 saturated carbocycles. The van der Waals surface area contributed by atoms with Crippen molar-refractivity contribution in [1.29, 1.82) is 0 Å². The molecule has 2 rings (SSSR count). The van der Waals surface area contributed by atoms with Crippen molar-refractivity contribution >= 4 is 17.5 Å². The van der Waals surface area contributed by atoms with E-state index in [9.17, 15) is 9.59 Å². The van der Waals surface area contributed by atoms with Gasteiger partial charge < -0.3 is 10.5 Å². The minimum Gasteiger partial charge on any atom is -0.398 e. The summed E-state index contributed by atoms with van der Waals surface area (Å²) >= 11 is 0. The van der Waals surface area contributed by atoms with Crippen LogP contribution in [-0.4, -0.2) is 36.0 Å². The number of anilines is 1. The minimum absolute atomic E-state index is 0.276. The van der Waals surface area contributed by atoms with Gasteiger partial charge in [-0.2, -0.15) is 0 Å². The molecule has 18 heavy (non-hydrogen) atoms. The molecule has 1 heterocycles. The van der Waals surface area contributed by atoms with Gasteiger partial charge in [0.1, 0.15) is 0 Å². The zero-order chi connectivity index (χ0) is 13.5. The van der Waals surface area contributed by atoms with Crippen molar-refractivity contribution in [3.8, 4) is 0 Å². The van der Waals surface area contributed by atoms with Crippen LogP contribution in [0.5, 0.6) is 0 Å². The highest BCUT2D eigenvalue weighted by Crippen LogP contribution is 2.32. The van der Waals surface area contributed by atoms with Crippen molar-refractivity contribution in [3.05, 3.63) is 29.3 Å². The molecule has 1 aromatic carbocycles. The van der Waals surface area contributed by atoms with Gasteiger partial charge >= 0.3 is 0 Å². The Morgan fingerprint density at radius 2 is 1.94 bits per heavy atom. The number of methoxy groups -OCH3 is 1. The third kappa shape index (κ3) is 1.67. The third-order valence-corrected chi connectivity index (χ3v) is 3.05. The van der Waals surface area contributed by atoms with Gasteiger partial charge in [0.05, 0.1) is 23.3 Å². The van der Waals surface area contributed by atoms with Gasteiger partial charge in [-0.25, -0.2) is 0 Å². The fourth-order valence-electron chi connectivity index (χ4n) is 2.28. The Labute approximate surface area is 106 Å². The molecule has 0 aliphatic carbocycles. The van der Waals surface area contributed by atoms with Gasteiger partial charge in [0.15, 0.2) is 0 Å². The van der Waals surface area contributed by atoms with E-state index in [-0.39, 0.29) is 18.4 Å². The summed E-state index contributed by atoms with van der Waals surface area (Å²) in [7, 11) is 1.54. The molecule has 0 spiro atoms. The van der Waals surface area contributed by atoms with Crippen molar-refractivity contribution in [1.82, 2.24) is 4.90 Å². The maximum atomic E-state index is 12.3. The van der Waals surface area contributed by atoms with Gasteiger partial charge in [0, 0.05) is 12.8 Å². The molecule has 0 aromatic heterocycles. The number of carbonyl (C=O) groups is 2. The van der Waals surface area contributed by atoms with Crippen LogP contribution < -0.4 is 5.73 Å². The fraction of sp³-hybridized carbons (Fsp3) is 0.385. The van der Waals surface area contributed by atoms with Crippen molar-refractivity contribution in [2.24, 2.45) is 0 Å². The number of rotatable bonds is 3. The Bertz CT molecular complexity index is 523. The number of hydrogen-bond acceptors (Lipinski definition) is 4. The van der Waals surface area contributed by atoms with E-state index in [1.807, 2.05) is 0 Å². The third-order valence-electron chi connectivity index (χ3n) is 3.05. The highest BCUT2D eigenvalue weighted by atomic mass is 16.5. The lowest BCUT2D eigenvalue weighted by Crippen LogP contribution is -2.50. The van der Waals surface area contributed by atoms with Crippen LogP contribution in [0.25, 0.3) is 0 Å². The SMILES string of the molecule is COCC(C)(C)N1C(=O)c2cccc(N)c2C1=O. The molecule has 5 nitrogen and oxygen atoms in total. The average molecular weight is 248 g/mol. The van der Waals surface area contributed by atoms with E-state index in [4.69, 9.17) is 10.5 Å². The number of hydrogen-bond donors (Lipinski definition) is 1. The molecule has 1 aliphatic heterocycles. The quantitative estimate of drug-likeness (QED) is 0.646. The Morgan fingerprint density at radius 1 is 1.28 bits per heavy atom. The second kappa shape index (κ2) is 4.10. The van der Waals surface area contributed by atoms with Crippen LogP contribution in [0.1, 0.15) is 34.6 Å². The molecule has 0 unspecified atom stereocenters. The maximum absolute atomic E-state index is 12.3. The lowest BCUT2D eigenvalue weighted by molar-refractivity contribution is 0.0275. The van der Waals surface area contributed by atoms with E-state index in [0.717, 1.165) is 0 Å². The monoisotopic (exact) mass is 248 g/mol. The first-order valence-electron chi connectivity index (χ1n) is 5.66. The number of imide groups is 1. The number of ether oxygens (including phenoxy) is 1. The topological polar surface area (TPSA) is 72.6 Å². The van der Waals surface area contributed by atoms with E-state index in [2.05, 4.69) is 0 Å². The number of nitrogens with two attached hydrogens (primary N) is 1. The van der Waals surface area contributed by atoms with E-state index in [1.165, 1.54) is 12.0 Å². The highest BCUT2D eigenvalue weighted by molar-refractivity contribution is 6.24. The highest BCUT2D eigenvalue weighted by Gasteiger charge is 2.44. The Balaban J connectivity index is 2.50. The van der Waals surface area contributed by atoms with Crippen LogP contribution in [0.3, 0.4) is 0 Å². The summed E-state index contributed by atoms with van der Waals surface area (Å²) in [5.41, 5.74) is 6.07. The predicted octanol–water partition coefficient (Wildman–Crippen LogP) is 1.29. The molecule has 1 aliphatic rings. The molecule has 0 radical (unpaired) electrons. The summed E-state index contributed by atoms with van der Waals surface area (Å²) in [5, 5.41) is 0. The van der Waals surface area contributed by atoms with Gasteiger partial charge in [-0.1, -0.05) is 6.07 Å². The molecule has 0 fully saturated rings. The summed E-state index contributed by atoms with van der Waals surface area (Å²) in [5.74, 6) is -0.667. The number of nitrogens with zero attached hydrogens (tertiary/aromatic N) is 1. The molecule has 0 bridgehead atoms. The normalized spacial score (nSPS) is 15.2. The van der Waals surface area contributed by atoms with E-state index < -0.39 is 5.54 Å². The number of fused-ring (bicyclic) bond motifs is 1. The van der Waals surface area contributed by atoms with Gasteiger partial charge in [0.2, 0.25) is 0 Å². The van der Waals surface area contributed by atoms with Gasteiger partial charge in [0.25, 0.3) is 11.8 Å². The Morgan fingerprint density at radius 3 is 2.50 bits per heavy atom. The van der Waals surface area contributed by atoms with Crippen molar-refractivity contribution in [2.45, 2.75) is 19.4 Å². The van der Waals surface area contributed by atoms with Crippen molar-refractivity contribution in [2.75, 3.05) is 19.5 Å². The summed E-state index contributed by atoms with van der Waals surface area (Å²) in [6, 6.07) is 4.91. The summed E-state index contributed by atoms with van der Waals surface area (Å²) in [6.45, 7) is 3.85. The van der Waals surface area contributed by atoms with Crippen molar-refractivity contribution < 1.29 is 14.3 Å². The number of benzene rings is 1. The van der Waals surface area contributed by atoms with Crippen LogP contribution >= 0.6 is 0 Å². The number of carbonyl (C=O) groups excluding carboxylic acids is 2. The van der Waals surface area contributed by atoms with Gasteiger partial charge in [-0.05, 0) is 26.0 Å².